The van der Waals surface area contributed by atoms with Gasteiger partial charge in [0.2, 0.25) is 0 Å². The zero-order valence-electron chi connectivity index (χ0n) is 20.6. The molecular weight excluding hydrogens is 562 g/mol. The molecule has 1 aromatic heterocycles. The van der Waals surface area contributed by atoms with E-state index < -0.39 is 11.0 Å². The largest absolute Gasteiger partial charge is 0.352 e. The Kier molecular flexibility index (Phi) is 4.73. The maximum Gasteiger partial charge on any atom is 0.250 e. The second-order valence-corrected chi connectivity index (χ2v) is 12.5. The average molecular weight is 587 g/mol. The third-order valence-corrected chi connectivity index (χ3v) is 10.4. The summed E-state index contributed by atoms with van der Waals surface area (Å²) in [7, 11) is 0. The fourth-order valence-corrected chi connectivity index (χ4v) is 8.92. The number of ketones is 1. The summed E-state index contributed by atoms with van der Waals surface area (Å²) in [4.78, 5) is 35.5. The summed E-state index contributed by atoms with van der Waals surface area (Å²) in [5.41, 5.74) is 3.29. The summed E-state index contributed by atoms with van der Waals surface area (Å²) in [6.07, 6.45) is 3.25. The number of aromatic nitrogens is 1. The van der Waals surface area contributed by atoms with Crippen molar-refractivity contribution in [1.29, 1.82) is 0 Å². The molecule has 2 saturated heterocycles. The zero-order valence-corrected chi connectivity index (χ0v) is 22.9. The van der Waals surface area contributed by atoms with E-state index in [0.717, 1.165) is 63.6 Å². The SMILES string of the molecule is O=C1c2[nH]c3ccccc3c2CC[C@@]12[C@@H](c1ccc(Br)cc1)C1CCCN1[C@@]21C(=O)Nc2ccc(Cl)cc21. The lowest BCUT2D eigenvalue weighted by atomic mass is 9.53. The lowest BCUT2D eigenvalue weighted by Crippen LogP contribution is -2.60. The predicted molar refractivity (Wildman–Crippen MR) is 152 cm³/mol. The summed E-state index contributed by atoms with van der Waals surface area (Å²) in [5.74, 6) is -0.199. The number of nitrogens with zero attached hydrogens (tertiary/aromatic N) is 1. The van der Waals surface area contributed by atoms with E-state index in [9.17, 15) is 4.79 Å². The van der Waals surface area contributed by atoms with Crippen LogP contribution in [-0.4, -0.2) is 34.2 Å². The Balaban J connectivity index is 1.47. The third kappa shape index (κ3) is 2.61. The molecular formula is C31H25BrClN3O2. The van der Waals surface area contributed by atoms with Crippen LogP contribution < -0.4 is 5.32 Å². The first kappa shape index (κ1) is 23.0. The molecule has 2 N–H and O–H groups in total. The molecule has 0 radical (unpaired) electrons. The number of amides is 1. The molecule has 0 saturated carbocycles. The van der Waals surface area contributed by atoms with Crippen molar-refractivity contribution in [2.75, 3.05) is 11.9 Å². The number of aryl methyl sites for hydroxylation is 1. The van der Waals surface area contributed by atoms with Crippen molar-refractivity contribution in [3.05, 3.63) is 98.6 Å². The van der Waals surface area contributed by atoms with E-state index in [4.69, 9.17) is 11.6 Å². The molecule has 3 aliphatic heterocycles. The summed E-state index contributed by atoms with van der Waals surface area (Å²) in [6, 6.07) is 22.2. The Morgan fingerprint density at radius 1 is 1.03 bits per heavy atom. The fraction of sp³-hybridized carbons (Fsp3) is 0.290. The normalized spacial score (nSPS) is 29.7. The van der Waals surface area contributed by atoms with Crippen molar-refractivity contribution in [3.8, 4) is 0 Å². The highest BCUT2D eigenvalue weighted by molar-refractivity contribution is 9.10. The highest BCUT2D eigenvalue weighted by atomic mass is 79.9. The monoisotopic (exact) mass is 585 g/mol. The van der Waals surface area contributed by atoms with Crippen molar-refractivity contribution < 1.29 is 9.59 Å². The summed E-state index contributed by atoms with van der Waals surface area (Å²) < 4.78 is 0.995. The first-order valence-electron chi connectivity index (χ1n) is 13.2. The van der Waals surface area contributed by atoms with E-state index in [1.165, 1.54) is 0 Å². The van der Waals surface area contributed by atoms with Crippen LogP contribution in [-0.2, 0) is 16.8 Å². The number of Topliss-reactive ketones (excluding diaryl/α,β-unsaturated/α-hetero) is 1. The van der Waals surface area contributed by atoms with Crippen molar-refractivity contribution in [2.45, 2.75) is 43.2 Å². The summed E-state index contributed by atoms with van der Waals surface area (Å²) in [6.45, 7) is 0.770. The molecule has 1 unspecified atom stereocenters. The first-order valence-corrected chi connectivity index (χ1v) is 14.4. The van der Waals surface area contributed by atoms with Gasteiger partial charge in [-0.25, -0.2) is 0 Å². The zero-order chi connectivity index (χ0) is 25.8. The molecule has 2 fully saturated rings. The van der Waals surface area contributed by atoms with Crippen molar-refractivity contribution >= 4 is 55.8 Å². The van der Waals surface area contributed by atoms with Gasteiger partial charge in [-0.1, -0.05) is 57.9 Å². The van der Waals surface area contributed by atoms with Crippen LogP contribution in [0.2, 0.25) is 5.02 Å². The van der Waals surface area contributed by atoms with E-state index in [1.807, 2.05) is 36.4 Å². The van der Waals surface area contributed by atoms with Crippen LogP contribution >= 0.6 is 27.5 Å². The molecule has 4 atom stereocenters. The van der Waals surface area contributed by atoms with E-state index >= 15 is 4.79 Å². The van der Waals surface area contributed by atoms with Gasteiger partial charge in [-0.3, -0.25) is 14.5 Å². The van der Waals surface area contributed by atoms with Crippen LogP contribution in [0.15, 0.2) is 71.2 Å². The minimum Gasteiger partial charge on any atom is -0.352 e. The Hall–Kier alpha value is -2.93. The summed E-state index contributed by atoms with van der Waals surface area (Å²) >= 11 is 10.2. The number of anilines is 1. The van der Waals surface area contributed by atoms with Gasteiger partial charge < -0.3 is 10.3 Å². The van der Waals surface area contributed by atoms with Gasteiger partial charge in [0.25, 0.3) is 5.91 Å². The molecule has 2 spiro atoms. The lowest BCUT2D eigenvalue weighted by Gasteiger charge is -2.48. The van der Waals surface area contributed by atoms with Gasteiger partial charge >= 0.3 is 0 Å². The number of aromatic amines is 1. The highest BCUT2D eigenvalue weighted by Crippen LogP contribution is 2.70. The number of hydrogen-bond donors (Lipinski definition) is 2. The smallest absolute Gasteiger partial charge is 0.250 e. The number of fused-ring (bicyclic) bond motifs is 8. The average Bonchev–Trinajstić information content (AvgIpc) is 3.65. The standard InChI is InChI=1S/C31H25BrClN3O2/c32-18-9-7-17(8-10-18)26-25-6-3-15-36(25)31(22-16-19(33)11-12-24(22)35-29(31)38)30(26)14-13-21-20-4-1-2-5-23(20)34-27(21)28(30)37/h1-2,4-5,7-12,16,25-26,34H,3,6,13-15H2,(H,35,38)/t25?,26-,30+,31-/m0/s1. The molecule has 5 nitrogen and oxygen atoms in total. The van der Waals surface area contributed by atoms with E-state index in [0.29, 0.717) is 17.1 Å². The van der Waals surface area contributed by atoms with Gasteiger partial charge in [0.15, 0.2) is 5.78 Å². The van der Waals surface area contributed by atoms with Crippen LogP contribution in [0.5, 0.6) is 0 Å². The maximum absolute atomic E-state index is 15.2. The van der Waals surface area contributed by atoms with Gasteiger partial charge in [0.1, 0.15) is 5.54 Å². The highest BCUT2D eigenvalue weighted by Gasteiger charge is 2.78. The minimum absolute atomic E-state index is 0.0419. The predicted octanol–water partition coefficient (Wildman–Crippen LogP) is 6.81. The second kappa shape index (κ2) is 7.81. The van der Waals surface area contributed by atoms with E-state index in [-0.39, 0.29) is 23.7 Å². The van der Waals surface area contributed by atoms with Crippen LogP contribution in [0.3, 0.4) is 0 Å². The number of H-pyrrole nitrogens is 1. The number of nitrogens with one attached hydrogen (secondary N) is 2. The Labute approximate surface area is 233 Å². The number of carbonyl (C=O) groups excluding carboxylic acids is 2. The van der Waals surface area contributed by atoms with Crippen molar-refractivity contribution in [3.63, 3.8) is 0 Å². The van der Waals surface area contributed by atoms with E-state index in [1.54, 1.807) is 0 Å². The number of carbonyl (C=O) groups is 2. The second-order valence-electron chi connectivity index (χ2n) is 11.1. The lowest BCUT2D eigenvalue weighted by molar-refractivity contribution is -0.131. The van der Waals surface area contributed by atoms with E-state index in [2.05, 4.69) is 61.5 Å². The topological polar surface area (TPSA) is 65.2 Å². The van der Waals surface area contributed by atoms with Crippen LogP contribution in [0, 0.1) is 5.41 Å². The van der Waals surface area contributed by atoms with Gasteiger partial charge in [-0.05, 0) is 79.8 Å². The minimum atomic E-state index is -1.13. The van der Waals surface area contributed by atoms with Gasteiger partial charge in [0, 0.05) is 43.6 Å². The number of hydrogen-bond acceptors (Lipinski definition) is 3. The number of benzene rings is 3. The fourth-order valence-electron chi connectivity index (χ4n) is 8.48. The molecule has 1 aliphatic carbocycles. The number of para-hydroxylation sites is 1. The number of rotatable bonds is 1. The maximum atomic E-state index is 15.2. The van der Waals surface area contributed by atoms with Gasteiger partial charge in [0.05, 0.1) is 11.1 Å². The van der Waals surface area contributed by atoms with Crippen molar-refractivity contribution in [2.24, 2.45) is 5.41 Å². The molecule has 4 heterocycles. The Bertz CT molecular complexity index is 1680. The molecule has 4 aliphatic rings. The number of halogens is 2. The molecule has 1 amide bonds. The van der Waals surface area contributed by atoms with Crippen LogP contribution in [0.4, 0.5) is 5.69 Å². The molecule has 7 heteroatoms. The van der Waals surface area contributed by atoms with Crippen molar-refractivity contribution in [1.82, 2.24) is 9.88 Å². The van der Waals surface area contributed by atoms with Crippen LogP contribution in [0.25, 0.3) is 10.9 Å². The molecule has 38 heavy (non-hydrogen) atoms. The van der Waals surface area contributed by atoms with Gasteiger partial charge in [-0.15, -0.1) is 0 Å². The van der Waals surface area contributed by atoms with Crippen LogP contribution in [0.1, 0.15) is 52.4 Å². The molecule has 3 aromatic carbocycles. The summed E-state index contributed by atoms with van der Waals surface area (Å²) in [5, 5.41) is 4.86. The third-order valence-electron chi connectivity index (χ3n) is 9.68. The molecule has 0 bridgehead atoms. The first-order chi connectivity index (χ1) is 18.5. The Morgan fingerprint density at radius 3 is 2.68 bits per heavy atom. The van der Waals surface area contributed by atoms with Gasteiger partial charge in [-0.2, -0.15) is 0 Å². The Morgan fingerprint density at radius 2 is 1.84 bits per heavy atom. The molecule has 190 valence electrons. The quantitative estimate of drug-likeness (QED) is 0.258. The molecule has 4 aromatic rings. The molecule has 8 rings (SSSR count).